The molecule has 160 valence electrons. The van der Waals surface area contributed by atoms with Crippen LogP contribution in [0.15, 0.2) is 53.4 Å². The number of hydrogen-bond acceptors (Lipinski definition) is 4. The summed E-state index contributed by atoms with van der Waals surface area (Å²) in [5, 5.41) is 2.84. The molecule has 0 saturated carbocycles. The Morgan fingerprint density at radius 3 is 2.33 bits per heavy atom. The van der Waals surface area contributed by atoms with E-state index in [0.29, 0.717) is 24.9 Å². The fourth-order valence-corrected chi connectivity index (χ4v) is 5.19. The normalized spacial score (nSPS) is 20.0. The number of nitrogens with zero attached hydrogens (tertiary/aromatic N) is 1. The number of halogens is 1. The first-order valence-electron chi connectivity index (χ1n) is 9.76. The molecule has 1 fully saturated rings. The number of Topliss-reactive ketones (excluding diaryl/α,β-unsaturated/α-hetero) is 1. The van der Waals surface area contributed by atoms with Gasteiger partial charge in [-0.1, -0.05) is 24.3 Å². The highest BCUT2D eigenvalue weighted by Gasteiger charge is 2.41. The van der Waals surface area contributed by atoms with Crippen molar-refractivity contribution in [2.75, 3.05) is 13.1 Å². The van der Waals surface area contributed by atoms with Crippen molar-refractivity contribution < 1.29 is 22.4 Å². The second-order valence-electron chi connectivity index (χ2n) is 7.89. The van der Waals surface area contributed by atoms with Crippen molar-refractivity contribution in [2.45, 2.75) is 38.1 Å². The van der Waals surface area contributed by atoms with Gasteiger partial charge >= 0.3 is 0 Å². The fourth-order valence-electron chi connectivity index (χ4n) is 3.59. The molecule has 1 atom stereocenters. The molecule has 1 saturated heterocycles. The molecule has 0 bridgehead atoms. The molecular weight excluding hydrogens is 407 g/mol. The molecule has 2 aromatic rings. The lowest BCUT2D eigenvalue weighted by Crippen LogP contribution is -2.51. The van der Waals surface area contributed by atoms with Gasteiger partial charge in [0.15, 0.2) is 5.78 Å². The maximum atomic E-state index is 13.1. The largest absolute Gasteiger partial charge is 0.352 e. The molecule has 8 heteroatoms. The van der Waals surface area contributed by atoms with Crippen LogP contribution in [0, 0.1) is 11.2 Å². The van der Waals surface area contributed by atoms with E-state index in [2.05, 4.69) is 5.32 Å². The molecule has 3 rings (SSSR count). The SMILES string of the molecule is CC(=O)c1ccc(S(=O)(=O)N2CCC[C@](C)(C(=O)NCc3ccc(F)cc3)C2)cc1. The van der Waals surface area contributed by atoms with Gasteiger partial charge < -0.3 is 5.32 Å². The topological polar surface area (TPSA) is 83.6 Å². The van der Waals surface area contributed by atoms with Crippen molar-refractivity contribution in [3.63, 3.8) is 0 Å². The Hall–Kier alpha value is -2.58. The number of amides is 1. The van der Waals surface area contributed by atoms with Crippen LogP contribution in [-0.2, 0) is 21.4 Å². The highest BCUT2D eigenvalue weighted by molar-refractivity contribution is 7.89. The van der Waals surface area contributed by atoms with Gasteiger partial charge in [-0.05, 0) is 56.5 Å². The van der Waals surface area contributed by atoms with Crippen molar-refractivity contribution in [3.05, 3.63) is 65.5 Å². The highest BCUT2D eigenvalue weighted by Crippen LogP contribution is 2.33. The molecule has 1 N–H and O–H groups in total. The lowest BCUT2D eigenvalue weighted by atomic mass is 9.82. The van der Waals surface area contributed by atoms with E-state index >= 15 is 0 Å². The van der Waals surface area contributed by atoms with E-state index in [4.69, 9.17) is 0 Å². The van der Waals surface area contributed by atoms with Gasteiger partial charge in [0.2, 0.25) is 15.9 Å². The summed E-state index contributed by atoms with van der Waals surface area (Å²) in [4.78, 5) is 24.4. The van der Waals surface area contributed by atoms with Gasteiger partial charge in [-0.3, -0.25) is 9.59 Å². The lowest BCUT2D eigenvalue weighted by molar-refractivity contribution is -0.132. The Morgan fingerprint density at radius 2 is 1.73 bits per heavy atom. The number of carbonyl (C=O) groups is 2. The van der Waals surface area contributed by atoms with Crippen molar-refractivity contribution in [1.82, 2.24) is 9.62 Å². The molecule has 0 unspecified atom stereocenters. The molecule has 1 aliphatic rings. The summed E-state index contributed by atoms with van der Waals surface area (Å²) in [7, 11) is -3.78. The van der Waals surface area contributed by atoms with Crippen LogP contribution in [0.5, 0.6) is 0 Å². The van der Waals surface area contributed by atoms with E-state index in [1.165, 1.54) is 47.6 Å². The molecule has 0 spiro atoms. The first-order chi connectivity index (χ1) is 14.1. The summed E-state index contributed by atoms with van der Waals surface area (Å²) in [6, 6.07) is 11.7. The van der Waals surface area contributed by atoms with Crippen LogP contribution in [0.25, 0.3) is 0 Å². The molecule has 1 aliphatic heterocycles. The average molecular weight is 433 g/mol. The number of benzene rings is 2. The zero-order valence-corrected chi connectivity index (χ0v) is 17.8. The Bertz CT molecular complexity index is 1040. The van der Waals surface area contributed by atoms with Gasteiger partial charge in [-0.2, -0.15) is 4.31 Å². The summed E-state index contributed by atoms with van der Waals surface area (Å²) in [5.41, 5.74) is 0.335. The monoisotopic (exact) mass is 432 g/mol. The molecular formula is C22H25FN2O4S. The van der Waals surface area contributed by atoms with Crippen LogP contribution in [-0.4, -0.2) is 37.5 Å². The average Bonchev–Trinajstić information content (AvgIpc) is 2.73. The Balaban J connectivity index is 1.71. The van der Waals surface area contributed by atoms with Crippen molar-refractivity contribution >= 4 is 21.7 Å². The zero-order valence-electron chi connectivity index (χ0n) is 17.0. The smallest absolute Gasteiger partial charge is 0.243 e. The van der Waals surface area contributed by atoms with E-state index in [1.54, 1.807) is 19.1 Å². The second kappa shape index (κ2) is 8.65. The van der Waals surface area contributed by atoms with Gasteiger partial charge in [0, 0.05) is 25.2 Å². The lowest BCUT2D eigenvalue weighted by Gasteiger charge is -2.38. The first kappa shape index (κ1) is 22.1. The number of sulfonamides is 1. The van der Waals surface area contributed by atoms with E-state index in [9.17, 15) is 22.4 Å². The summed E-state index contributed by atoms with van der Waals surface area (Å²) in [5.74, 6) is -0.720. The molecule has 1 heterocycles. The van der Waals surface area contributed by atoms with Crippen LogP contribution in [0.3, 0.4) is 0 Å². The number of ketones is 1. The Kier molecular flexibility index (Phi) is 6.38. The van der Waals surface area contributed by atoms with E-state index in [-0.39, 0.29) is 35.5 Å². The molecule has 0 aromatic heterocycles. The molecule has 0 aliphatic carbocycles. The number of piperidine rings is 1. The van der Waals surface area contributed by atoms with Gasteiger partial charge in [0.05, 0.1) is 10.3 Å². The van der Waals surface area contributed by atoms with Gasteiger partial charge in [0.25, 0.3) is 0 Å². The van der Waals surface area contributed by atoms with Gasteiger partial charge in [0.1, 0.15) is 5.82 Å². The molecule has 0 radical (unpaired) electrons. The van der Waals surface area contributed by atoms with Gasteiger partial charge in [-0.25, -0.2) is 12.8 Å². The predicted molar refractivity (Wildman–Crippen MR) is 111 cm³/mol. The Labute approximate surface area is 176 Å². The van der Waals surface area contributed by atoms with Gasteiger partial charge in [-0.15, -0.1) is 0 Å². The summed E-state index contributed by atoms with van der Waals surface area (Å²) < 4.78 is 40.5. The number of nitrogens with one attached hydrogen (secondary N) is 1. The summed E-state index contributed by atoms with van der Waals surface area (Å²) in [6.07, 6.45) is 1.13. The van der Waals surface area contributed by atoms with Crippen molar-refractivity contribution in [1.29, 1.82) is 0 Å². The minimum absolute atomic E-state index is 0.0685. The van der Waals surface area contributed by atoms with Crippen LogP contribution in [0.1, 0.15) is 42.6 Å². The third kappa shape index (κ3) is 4.76. The number of rotatable bonds is 6. The highest BCUT2D eigenvalue weighted by atomic mass is 32.2. The van der Waals surface area contributed by atoms with Crippen molar-refractivity contribution in [3.8, 4) is 0 Å². The molecule has 6 nitrogen and oxygen atoms in total. The predicted octanol–water partition coefficient (Wildman–Crippen LogP) is 3.14. The zero-order chi connectivity index (χ0) is 21.9. The van der Waals surface area contributed by atoms with Crippen LogP contribution < -0.4 is 5.32 Å². The number of hydrogen-bond donors (Lipinski definition) is 1. The van der Waals surface area contributed by atoms with Crippen LogP contribution in [0.2, 0.25) is 0 Å². The first-order valence-corrected chi connectivity index (χ1v) is 11.2. The maximum Gasteiger partial charge on any atom is 0.243 e. The second-order valence-corrected chi connectivity index (χ2v) is 9.83. The number of carbonyl (C=O) groups excluding carboxylic acids is 2. The van der Waals surface area contributed by atoms with Crippen molar-refractivity contribution in [2.24, 2.45) is 5.41 Å². The Morgan fingerprint density at radius 1 is 1.10 bits per heavy atom. The summed E-state index contributed by atoms with van der Waals surface area (Å²) >= 11 is 0. The molecule has 1 amide bonds. The summed E-state index contributed by atoms with van der Waals surface area (Å²) in [6.45, 7) is 3.82. The third-order valence-corrected chi connectivity index (χ3v) is 7.33. The quantitative estimate of drug-likeness (QED) is 0.711. The third-order valence-electron chi connectivity index (χ3n) is 5.47. The minimum atomic E-state index is -3.78. The van der Waals surface area contributed by atoms with Crippen LogP contribution >= 0.6 is 0 Å². The van der Waals surface area contributed by atoms with Crippen LogP contribution in [0.4, 0.5) is 4.39 Å². The van der Waals surface area contributed by atoms with E-state index in [0.717, 1.165) is 5.56 Å². The molecule has 2 aromatic carbocycles. The molecule has 30 heavy (non-hydrogen) atoms. The maximum absolute atomic E-state index is 13.1. The minimum Gasteiger partial charge on any atom is -0.352 e. The fraction of sp³-hybridized carbons (Fsp3) is 0.364. The standard InChI is InChI=1S/C22H25FN2O4S/c1-16(26)18-6-10-20(11-7-18)30(28,29)25-13-3-12-22(2,15-25)21(27)24-14-17-4-8-19(23)9-5-17/h4-11H,3,12-15H2,1-2H3,(H,24,27)/t22-/m0/s1. The van der Waals surface area contributed by atoms with E-state index in [1.807, 2.05) is 0 Å². The van der Waals surface area contributed by atoms with E-state index < -0.39 is 15.4 Å².